The first-order valence-corrected chi connectivity index (χ1v) is 5.85. The van der Waals surface area contributed by atoms with Crippen LogP contribution in [0.1, 0.15) is 38.3 Å². The second-order valence-electron chi connectivity index (χ2n) is 5.59. The van der Waals surface area contributed by atoms with Gasteiger partial charge in [-0.1, -0.05) is 19.1 Å². The molecule has 1 aromatic rings. The number of carboxylic acid groups (broad SMARTS) is 1. The van der Waals surface area contributed by atoms with E-state index in [9.17, 15) is 9.18 Å². The van der Waals surface area contributed by atoms with Gasteiger partial charge in [0.2, 0.25) is 0 Å². The minimum absolute atomic E-state index is 0.140. The third-order valence-corrected chi connectivity index (χ3v) is 3.74. The van der Waals surface area contributed by atoms with Gasteiger partial charge in [0.05, 0.1) is 6.42 Å². The molecule has 3 N–H and O–H groups in total. The third kappa shape index (κ3) is 2.70. The molecule has 100 valence electrons. The molecule has 0 radical (unpaired) electrons. The average molecular weight is 253 g/mol. The lowest BCUT2D eigenvalue weighted by molar-refractivity contribution is -0.139. The first kappa shape index (κ1) is 14.6. The molecule has 0 heterocycles. The van der Waals surface area contributed by atoms with Gasteiger partial charge in [-0.3, -0.25) is 4.79 Å². The molecule has 1 rings (SSSR count). The molecule has 0 aliphatic rings. The van der Waals surface area contributed by atoms with Crippen molar-refractivity contribution in [1.29, 1.82) is 0 Å². The average Bonchev–Trinajstić information content (AvgIpc) is 2.19. The van der Waals surface area contributed by atoms with Crippen LogP contribution in [0.5, 0.6) is 0 Å². The van der Waals surface area contributed by atoms with Crippen LogP contribution in [0.3, 0.4) is 0 Å². The highest BCUT2D eigenvalue weighted by atomic mass is 19.1. The van der Waals surface area contributed by atoms with E-state index < -0.39 is 16.9 Å². The van der Waals surface area contributed by atoms with E-state index in [0.29, 0.717) is 11.1 Å². The Balaban J connectivity index is 3.34. The number of benzene rings is 1. The Bertz CT molecular complexity index is 465. The summed E-state index contributed by atoms with van der Waals surface area (Å²) in [5, 5.41) is 9.05. The third-order valence-electron chi connectivity index (χ3n) is 3.74. The predicted octanol–water partition coefficient (Wildman–Crippen LogP) is 2.60. The van der Waals surface area contributed by atoms with E-state index in [2.05, 4.69) is 0 Å². The first-order chi connectivity index (χ1) is 8.08. The van der Waals surface area contributed by atoms with Gasteiger partial charge < -0.3 is 10.8 Å². The van der Waals surface area contributed by atoms with Gasteiger partial charge in [-0.15, -0.1) is 0 Å². The van der Waals surface area contributed by atoms with Crippen molar-refractivity contribution in [3.8, 4) is 0 Å². The zero-order valence-electron chi connectivity index (χ0n) is 11.2. The summed E-state index contributed by atoms with van der Waals surface area (Å²) in [5.74, 6) is -1.29. The minimum Gasteiger partial charge on any atom is -0.481 e. The molecular weight excluding hydrogens is 233 g/mol. The SMILES string of the molecule is Cc1ccc(C(C)(CC(=O)O)C(C)(C)N)cc1F. The van der Waals surface area contributed by atoms with Crippen molar-refractivity contribution in [2.24, 2.45) is 5.73 Å². The highest BCUT2D eigenvalue weighted by Crippen LogP contribution is 2.37. The van der Waals surface area contributed by atoms with Crippen LogP contribution in [0.25, 0.3) is 0 Å². The van der Waals surface area contributed by atoms with Crippen molar-refractivity contribution in [3.05, 3.63) is 35.1 Å². The number of carboxylic acids is 1. The maximum Gasteiger partial charge on any atom is 0.304 e. The Morgan fingerprint density at radius 2 is 1.94 bits per heavy atom. The number of hydrogen-bond acceptors (Lipinski definition) is 2. The summed E-state index contributed by atoms with van der Waals surface area (Å²) in [6, 6.07) is 4.78. The fourth-order valence-electron chi connectivity index (χ4n) is 1.94. The second-order valence-corrected chi connectivity index (χ2v) is 5.59. The van der Waals surface area contributed by atoms with E-state index in [1.54, 1.807) is 39.8 Å². The van der Waals surface area contributed by atoms with Gasteiger partial charge in [-0.2, -0.15) is 0 Å². The summed E-state index contributed by atoms with van der Waals surface area (Å²) in [4.78, 5) is 11.0. The quantitative estimate of drug-likeness (QED) is 0.867. The number of halogens is 1. The standard InChI is InChI=1S/C14H20FNO2/c1-9-5-6-10(7-11(9)15)14(4,8-12(17)18)13(2,3)16/h5-7H,8,16H2,1-4H3,(H,17,18). The van der Waals surface area contributed by atoms with Crippen LogP contribution in [0.4, 0.5) is 4.39 Å². The Kier molecular flexibility index (Phi) is 3.81. The maximum atomic E-state index is 13.6. The molecule has 0 aliphatic heterocycles. The Hall–Kier alpha value is -1.42. The van der Waals surface area contributed by atoms with Crippen LogP contribution < -0.4 is 5.73 Å². The largest absolute Gasteiger partial charge is 0.481 e. The second kappa shape index (κ2) is 4.69. The lowest BCUT2D eigenvalue weighted by atomic mass is 9.66. The van der Waals surface area contributed by atoms with Crippen molar-refractivity contribution < 1.29 is 14.3 Å². The molecule has 0 saturated carbocycles. The maximum absolute atomic E-state index is 13.6. The highest BCUT2D eigenvalue weighted by molar-refractivity contribution is 5.69. The molecule has 0 aliphatic carbocycles. The summed E-state index contributed by atoms with van der Waals surface area (Å²) in [5.41, 5.74) is 5.65. The van der Waals surface area contributed by atoms with Crippen LogP contribution in [0.15, 0.2) is 18.2 Å². The molecule has 1 atom stereocenters. The number of aliphatic carboxylic acids is 1. The van der Waals surface area contributed by atoms with Gasteiger partial charge in [-0.05, 0) is 38.0 Å². The summed E-state index contributed by atoms with van der Waals surface area (Å²) in [6.07, 6.45) is -0.140. The summed E-state index contributed by atoms with van der Waals surface area (Å²) in [7, 11) is 0. The van der Waals surface area contributed by atoms with E-state index in [-0.39, 0.29) is 12.2 Å². The first-order valence-electron chi connectivity index (χ1n) is 5.85. The molecule has 0 aromatic heterocycles. The highest BCUT2D eigenvalue weighted by Gasteiger charge is 2.41. The van der Waals surface area contributed by atoms with Gasteiger partial charge in [0, 0.05) is 11.0 Å². The number of carbonyl (C=O) groups is 1. The molecule has 4 heteroatoms. The van der Waals surface area contributed by atoms with Crippen molar-refractivity contribution in [2.45, 2.75) is 45.1 Å². The van der Waals surface area contributed by atoms with Crippen LogP contribution in [-0.2, 0) is 10.2 Å². The monoisotopic (exact) mass is 253 g/mol. The van der Waals surface area contributed by atoms with Crippen molar-refractivity contribution in [1.82, 2.24) is 0 Å². The Morgan fingerprint density at radius 3 is 2.33 bits per heavy atom. The summed E-state index contributed by atoms with van der Waals surface area (Å²) >= 11 is 0. The van der Waals surface area contributed by atoms with E-state index in [1.165, 1.54) is 6.07 Å². The van der Waals surface area contributed by atoms with E-state index in [0.717, 1.165) is 0 Å². The zero-order chi connectivity index (χ0) is 14.1. The molecule has 0 amide bonds. The van der Waals surface area contributed by atoms with Gasteiger partial charge in [0.25, 0.3) is 0 Å². The predicted molar refractivity (Wildman–Crippen MR) is 69.0 cm³/mol. The molecule has 0 fully saturated rings. The van der Waals surface area contributed by atoms with Gasteiger partial charge in [0.1, 0.15) is 5.82 Å². The summed E-state index contributed by atoms with van der Waals surface area (Å²) < 4.78 is 13.6. The van der Waals surface area contributed by atoms with E-state index in [1.807, 2.05) is 0 Å². The minimum atomic E-state index is -0.947. The number of aryl methyl sites for hydroxylation is 1. The molecule has 1 aromatic carbocycles. The van der Waals surface area contributed by atoms with E-state index >= 15 is 0 Å². The van der Waals surface area contributed by atoms with Gasteiger partial charge in [0.15, 0.2) is 0 Å². The smallest absolute Gasteiger partial charge is 0.304 e. The molecule has 0 saturated heterocycles. The summed E-state index contributed by atoms with van der Waals surface area (Å²) in [6.45, 7) is 6.94. The number of rotatable bonds is 4. The lowest BCUT2D eigenvalue weighted by Gasteiger charge is -2.41. The fraction of sp³-hybridized carbons (Fsp3) is 0.500. The fourth-order valence-corrected chi connectivity index (χ4v) is 1.94. The normalized spacial score (nSPS) is 15.2. The Labute approximate surface area is 107 Å². The van der Waals surface area contributed by atoms with Crippen LogP contribution in [0.2, 0.25) is 0 Å². The molecule has 3 nitrogen and oxygen atoms in total. The van der Waals surface area contributed by atoms with Gasteiger partial charge >= 0.3 is 5.97 Å². The van der Waals surface area contributed by atoms with Crippen LogP contribution in [-0.4, -0.2) is 16.6 Å². The van der Waals surface area contributed by atoms with E-state index in [4.69, 9.17) is 10.8 Å². The van der Waals surface area contributed by atoms with Gasteiger partial charge in [-0.25, -0.2) is 4.39 Å². The molecule has 18 heavy (non-hydrogen) atoms. The lowest BCUT2D eigenvalue weighted by Crippen LogP contribution is -2.53. The zero-order valence-corrected chi connectivity index (χ0v) is 11.2. The molecule has 0 spiro atoms. The Morgan fingerprint density at radius 1 is 1.39 bits per heavy atom. The van der Waals surface area contributed by atoms with Crippen molar-refractivity contribution in [3.63, 3.8) is 0 Å². The van der Waals surface area contributed by atoms with Crippen LogP contribution >= 0.6 is 0 Å². The van der Waals surface area contributed by atoms with Crippen LogP contribution in [0, 0.1) is 12.7 Å². The van der Waals surface area contributed by atoms with Crippen molar-refractivity contribution in [2.75, 3.05) is 0 Å². The molecular formula is C14H20FNO2. The molecule has 0 bridgehead atoms. The topological polar surface area (TPSA) is 63.3 Å². The number of nitrogens with two attached hydrogens (primary N) is 1. The van der Waals surface area contributed by atoms with Crippen molar-refractivity contribution >= 4 is 5.97 Å². The number of hydrogen-bond donors (Lipinski definition) is 2. The molecule has 1 unspecified atom stereocenters.